The standard InChI is InChI=1S/C15H20N2OS/c1-2-13(16)9-14-3-4-15(10-17-14)18-7-5-12-6-8-19-11-12/h3-4,6,8,10-11,13H,2,5,7,9,16H2,1H3. The second kappa shape index (κ2) is 7.26. The summed E-state index contributed by atoms with van der Waals surface area (Å²) in [5.74, 6) is 0.823. The fourth-order valence-electron chi connectivity index (χ4n) is 1.75. The summed E-state index contributed by atoms with van der Waals surface area (Å²) in [7, 11) is 0. The Morgan fingerprint density at radius 1 is 1.37 bits per heavy atom. The molecule has 0 bridgehead atoms. The van der Waals surface area contributed by atoms with Crippen LogP contribution in [0.15, 0.2) is 35.2 Å². The van der Waals surface area contributed by atoms with Crippen LogP contribution in [0.4, 0.5) is 0 Å². The number of aromatic nitrogens is 1. The maximum absolute atomic E-state index is 5.91. The Labute approximate surface area is 118 Å². The molecule has 3 nitrogen and oxygen atoms in total. The van der Waals surface area contributed by atoms with Crippen LogP contribution in [0.2, 0.25) is 0 Å². The summed E-state index contributed by atoms with van der Waals surface area (Å²) in [4.78, 5) is 4.38. The average molecular weight is 276 g/mol. The second-order valence-electron chi connectivity index (χ2n) is 4.59. The number of ether oxygens (including phenoxy) is 1. The fourth-order valence-corrected chi connectivity index (χ4v) is 2.45. The van der Waals surface area contributed by atoms with Crippen molar-refractivity contribution in [1.29, 1.82) is 0 Å². The van der Waals surface area contributed by atoms with Crippen LogP contribution in [0.3, 0.4) is 0 Å². The van der Waals surface area contributed by atoms with E-state index in [1.807, 2.05) is 12.1 Å². The molecule has 19 heavy (non-hydrogen) atoms. The Kier molecular flexibility index (Phi) is 5.36. The van der Waals surface area contributed by atoms with Gasteiger partial charge in [-0.15, -0.1) is 0 Å². The molecule has 102 valence electrons. The predicted octanol–water partition coefficient (Wildman–Crippen LogP) is 3.04. The van der Waals surface area contributed by atoms with Gasteiger partial charge < -0.3 is 10.5 Å². The maximum Gasteiger partial charge on any atom is 0.137 e. The molecule has 0 aliphatic heterocycles. The lowest BCUT2D eigenvalue weighted by atomic mass is 10.1. The highest BCUT2D eigenvalue weighted by Crippen LogP contribution is 2.12. The lowest BCUT2D eigenvalue weighted by molar-refractivity contribution is 0.320. The normalized spacial score (nSPS) is 12.3. The van der Waals surface area contributed by atoms with E-state index < -0.39 is 0 Å². The molecule has 0 saturated carbocycles. The summed E-state index contributed by atoms with van der Waals surface area (Å²) in [5, 5.41) is 4.24. The van der Waals surface area contributed by atoms with E-state index in [0.29, 0.717) is 6.61 Å². The van der Waals surface area contributed by atoms with Crippen LogP contribution < -0.4 is 10.5 Å². The molecular formula is C15H20N2OS. The highest BCUT2D eigenvalue weighted by Gasteiger charge is 2.03. The quantitative estimate of drug-likeness (QED) is 0.845. The molecule has 0 aliphatic carbocycles. The van der Waals surface area contributed by atoms with E-state index in [0.717, 1.165) is 30.7 Å². The molecule has 1 unspecified atom stereocenters. The summed E-state index contributed by atoms with van der Waals surface area (Å²) in [6.07, 6.45) is 4.52. The zero-order chi connectivity index (χ0) is 13.5. The number of nitrogens with zero attached hydrogens (tertiary/aromatic N) is 1. The minimum atomic E-state index is 0.192. The highest BCUT2D eigenvalue weighted by molar-refractivity contribution is 7.07. The third kappa shape index (κ3) is 4.65. The summed E-state index contributed by atoms with van der Waals surface area (Å²) in [5.41, 5.74) is 8.26. The van der Waals surface area contributed by atoms with Crippen molar-refractivity contribution in [3.63, 3.8) is 0 Å². The minimum Gasteiger partial charge on any atom is -0.492 e. The molecular weight excluding hydrogens is 256 g/mol. The van der Waals surface area contributed by atoms with Crippen LogP contribution in [-0.2, 0) is 12.8 Å². The highest BCUT2D eigenvalue weighted by atomic mass is 32.1. The topological polar surface area (TPSA) is 48.1 Å². The van der Waals surface area contributed by atoms with E-state index in [2.05, 4.69) is 28.7 Å². The van der Waals surface area contributed by atoms with E-state index >= 15 is 0 Å². The Balaban J connectivity index is 1.78. The Bertz CT molecular complexity index is 467. The first-order valence-electron chi connectivity index (χ1n) is 6.62. The molecule has 2 aromatic heterocycles. The van der Waals surface area contributed by atoms with Gasteiger partial charge in [-0.2, -0.15) is 11.3 Å². The molecule has 0 radical (unpaired) electrons. The van der Waals surface area contributed by atoms with Crippen molar-refractivity contribution < 1.29 is 4.74 Å². The van der Waals surface area contributed by atoms with Gasteiger partial charge >= 0.3 is 0 Å². The van der Waals surface area contributed by atoms with Crippen molar-refractivity contribution in [3.05, 3.63) is 46.4 Å². The van der Waals surface area contributed by atoms with Crippen molar-refractivity contribution in [2.75, 3.05) is 6.61 Å². The van der Waals surface area contributed by atoms with Crippen LogP contribution in [0.1, 0.15) is 24.6 Å². The van der Waals surface area contributed by atoms with Crippen LogP contribution in [0.25, 0.3) is 0 Å². The third-order valence-corrected chi connectivity index (χ3v) is 3.76. The van der Waals surface area contributed by atoms with Crippen LogP contribution >= 0.6 is 11.3 Å². The van der Waals surface area contributed by atoms with Crippen LogP contribution in [0.5, 0.6) is 5.75 Å². The summed E-state index contributed by atoms with van der Waals surface area (Å²) >= 11 is 1.72. The molecule has 2 N–H and O–H groups in total. The van der Waals surface area contributed by atoms with E-state index in [-0.39, 0.29) is 6.04 Å². The van der Waals surface area contributed by atoms with Gasteiger partial charge in [0, 0.05) is 24.6 Å². The van der Waals surface area contributed by atoms with Crippen molar-refractivity contribution in [2.45, 2.75) is 32.2 Å². The smallest absolute Gasteiger partial charge is 0.137 e. The predicted molar refractivity (Wildman–Crippen MR) is 79.7 cm³/mol. The molecule has 0 saturated heterocycles. The summed E-state index contributed by atoms with van der Waals surface area (Å²) in [6, 6.07) is 6.29. The SMILES string of the molecule is CCC(N)Cc1ccc(OCCc2ccsc2)cn1. The van der Waals surface area contributed by atoms with Gasteiger partial charge in [-0.1, -0.05) is 6.92 Å². The minimum absolute atomic E-state index is 0.192. The first kappa shape index (κ1) is 14.0. The number of pyridine rings is 1. The van der Waals surface area contributed by atoms with E-state index in [1.165, 1.54) is 5.56 Å². The summed E-state index contributed by atoms with van der Waals surface area (Å²) in [6.45, 7) is 2.78. The molecule has 0 aromatic carbocycles. The van der Waals surface area contributed by atoms with E-state index in [1.54, 1.807) is 17.5 Å². The molecule has 4 heteroatoms. The molecule has 0 aliphatic rings. The zero-order valence-electron chi connectivity index (χ0n) is 11.2. The molecule has 0 amide bonds. The van der Waals surface area contributed by atoms with Crippen molar-refractivity contribution in [2.24, 2.45) is 5.73 Å². The number of nitrogens with two attached hydrogens (primary N) is 1. The molecule has 2 aromatic rings. The zero-order valence-corrected chi connectivity index (χ0v) is 12.0. The van der Waals surface area contributed by atoms with Crippen LogP contribution in [-0.4, -0.2) is 17.6 Å². The van der Waals surface area contributed by atoms with Gasteiger partial charge in [0.05, 0.1) is 12.8 Å². The van der Waals surface area contributed by atoms with Gasteiger partial charge in [-0.25, -0.2) is 0 Å². The molecule has 0 fully saturated rings. The summed E-state index contributed by atoms with van der Waals surface area (Å²) < 4.78 is 5.68. The van der Waals surface area contributed by atoms with Gasteiger partial charge in [-0.05, 0) is 40.9 Å². The monoisotopic (exact) mass is 276 g/mol. The Hall–Kier alpha value is -1.39. The van der Waals surface area contributed by atoms with Crippen molar-refractivity contribution >= 4 is 11.3 Å². The molecule has 2 rings (SSSR count). The van der Waals surface area contributed by atoms with Gasteiger partial charge in [0.2, 0.25) is 0 Å². The number of rotatable bonds is 7. The fraction of sp³-hybridized carbons (Fsp3) is 0.400. The lowest BCUT2D eigenvalue weighted by Crippen LogP contribution is -2.21. The molecule has 0 spiro atoms. The molecule has 2 heterocycles. The first-order chi connectivity index (χ1) is 9.28. The largest absolute Gasteiger partial charge is 0.492 e. The lowest BCUT2D eigenvalue weighted by Gasteiger charge is -2.09. The van der Waals surface area contributed by atoms with Crippen LogP contribution in [0, 0.1) is 0 Å². The number of hydrogen-bond donors (Lipinski definition) is 1. The van der Waals surface area contributed by atoms with Gasteiger partial charge in [-0.3, -0.25) is 4.98 Å². The number of hydrogen-bond acceptors (Lipinski definition) is 4. The van der Waals surface area contributed by atoms with Crippen molar-refractivity contribution in [3.8, 4) is 5.75 Å². The van der Waals surface area contributed by atoms with Gasteiger partial charge in [0.1, 0.15) is 5.75 Å². The second-order valence-corrected chi connectivity index (χ2v) is 5.37. The van der Waals surface area contributed by atoms with E-state index in [4.69, 9.17) is 10.5 Å². The maximum atomic E-state index is 5.91. The third-order valence-electron chi connectivity index (χ3n) is 3.03. The number of thiophene rings is 1. The first-order valence-corrected chi connectivity index (χ1v) is 7.56. The molecule has 1 atom stereocenters. The Morgan fingerprint density at radius 3 is 2.89 bits per heavy atom. The Morgan fingerprint density at radius 2 is 2.26 bits per heavy atom. The van der Waals surface area contributed by atoms with Gasteiger partial charge in [0.15, 0.2) is 0 Å². The van der Waals surface area contributed by atoms with Gasteiger partial charge in [0.25, 0.3) is 0 Å². The van der Waals surface area contributed by atoms with Crippen molar-refractivity contribution in [1.82, 2.24) is 4.98 Å². The average Bonchev–Trinajstić information content (AvgIpc) is 2.94. The van der Waals surface area contributed by atoms with E-state index in [9.17, 15) is 0 Å².